The summed E-state index contributed by atoms with van der Waals surface area (Å²) in [4.78, 5) is 29.0. The van der Waals surface area contributed by atoms with Crippen LogP contribution in [0, 0.1) is 20.8 Å². The van der Waals surface area contributed by atoms with E-state index in [0.717, 1.165) is 47.9 Å². The summed E-state index contributed by atoms with van der Waals surface area (Å²) in [5.41, 5.74) is 4.04. The van der Waals surface area contributed by atoms with Crippen LogP contribution in [0.25, 0.3) is 0 Å². The Labute approximate surface area is 238 Å². The minimum Gasteiger partial charge on any atom is -0.352 e. The van der Waals surface area contributed by atoms with Crippen molar-refractivity contribution in [3.05, 3.63) is 95.1 Å². The van der Waals surface area contributed by atoms with Crippen molar-refractivity contribution in [2.75, 3.05) is 10.8 Å². The zero-order valence-electron chi connectivity index (χ0n) is 23.8. The Kier molecular flexibility index (Phi) is 9.30. The van der Waals surface area contributed by atoms with Crippen LogP contribution in [0.3, 0.4) is 0 Å². The van der Waals surface area contributed by atoms with Gasteiger partial charge in [0.05, 0.1) is 10.6 Å². The number of aryl methyl sites for hydroxylation is 3. The number of carbonyl (C=O) groups is 2. The Morgan fingerprint density at radius 2 is 1.45 bits per heavy atom. The SMILES string of the molecule is Cc1ccc(CN(C(=O)CN(c2ccccc2C)S(=O)(=O)c2ccc(C)cc2)[C@@H](C)C(=O)NC2CCCC2)cc1. The van der Waals surface area contributed by atoms with Crippen LogP contribution >= 0.6 is 0 Å². The molecular formula is C32H39N3O4S. The predicted molar refractivity (Wildman–Crippen MR) is 158 cm³/mol. The van der Waals surface area contributed by atoms with Gasteiger partial charge in [0.25, 0.3) is 10.0 Å². The molecule has 0 aromatic heterocycles. The number of anilines is 1. The molecule has 0 radical (unpaired) electrons. The van der Waals surface area contributed by atoms with Crippen LogP contribution < -0.4 is 9.62 Å². The zero-order valence-corrected chi connectivity index (χ0v) is 24.6. The number of nitrogens with zero attached hydrogens (tertiary/aromatic N) is 2. The summed E-state index contributed by atoms with van der Waals surface area (Å²) in [7, 11) is -4.08. The van der Waals surface area contributed by atoms with Crippen molar-refractivity contribution in [2.45, 2.75) is 76.9 Å². The normalized spacial score (nSPS) is 14.5. The second-order valence-electron chi connectivity index (χ2n) is 10.8. The summed E-state index contributed by atoms with van der Waals surface area (Å²) >= 11 is 0. The maximum absolute atomic E-state index is 14.1. The van der Waals surface area contributed by atoms with E-state index in [0.29, 0.717) is 5.69 Å². The second kappa shape index (κ2) is 12.7. The van der Waals surface area contributed by atoms with Gasteiger partial charge in [0.15, 0.2) is 0 Å². The zero-order chi connectivity index (χ0) is 28.9. The number of carbonyl (C=O) groups excluding carboxylic acids is 2. The van der Waals surface area contributed by atoms with Crippen LogP contribution in [0.2, 0.25) is 0 Å². The van der Waals surface area contributed by atoms with Gasteiger partial charge in [0, 0.05) is 12.6 Å². The van der Waals surface area contributed by atoms with Crippen molar-refractivity contribution in [3.63, 3.8) is 0 Å². The van der Waals surface area contributed by atoms with Crippen molar-refractivity contribution in [2.24, 2.45) is 0 Å². The number of hydrogen-bond acceptors (Lipinski definition) is 4. The number of nitrogens with one attached hydrogen (secondary N) is 1. The van der Waals surface area contributed by atoms with E-state index in [-0.39, 0.29) is 23.4 Å². The number of amides is 2. The molecule has 1 N–H and O–H groups in total. The standard InChI is InChI=1S/C32H39N3O4S/c1-23-13-17-27(18-14-23)21-34(26(4)32(37)33-28-10-6-7-11-28)31(36)22-35(30-12-8-5-9-25(30)3)40(38,39)29-19-15-24(2)16-20-29/h5,8-9,12-20,26,28H,6-7,10-11,21-22H2,1-4H3,(H,33,37)/t26-/m0/s1. The van der Waals surface area contributed by atoms with Crippen LogP contribution in [0.5, 0.6) is 0 Å². The van der Waals surface area contributed by atoms with Gasteiger partial charge in [-0.05, 0) is 69.9 Å². The van der Waals surface area contributed by atoms with Gasteiger partial charge in [-0.15, -0.1) is 0 Å². The van der Waals surface area contributed by atoms with Crippen LogP contribution in [-0.4, -0.2) is 43.8 Å². The van der Waals surface area contributed by atoms with E-state index in [1.807, 2.05) is 57.2 Å². The first-order valence-corrected chi connectivity index (χ1v) is 15.3. The molecule has 1 fully saturated rings. The van der Waals surface area contributed by atoms with Crippen LogP contribution in [-0.2, 0) is 26.2 Å². The number of hydrogen-bond donors (Lipinski definition) is 1. The largest absolute Gasteiger partial charge is 0.352 e. The van der Waals surface area contributed by atoms with Crippen molar-refractivity contribution >= 4 is 27.5 Å². The van der Waals surface area contributed by atoms with Gasteiger partial charge in [-0.25, -0.2) is 8.42 Å². The van der Waals surface area contributed by atoms with E-state index >= 15 is 0 Å². The molecule has 0 bridgehead atoms. The third-order valence-corrected chi connectivity index (χ3v) is 9.39. The van der Waals surface area contributed by atoms with E-state index in [1.165, 1.54) is 9.21 Å². The molecule has 0 unspecified atom stereocenters. The third-order valence-electron chi connectivity index (χ3n) is 7.61. The molecule has 1 aliphatic carbocycles. The average molecular weight is 562 g/mol. The van der Waals surface area contributed by atoms with Crippen molar-refractivity contribution in [3.8, 4) is 0 Å². The van der Waals surface area contributed by atoms with Gasteiger partial charge in [-0.2, -0.15) is 0 Å². The molecule has 212 valence electrons. The summed E-state index contributed by atoms with van der Waals surface area (Å²) in [6, 6.07) is 20.8. The summed E-state index contributed by atoms with van der Waals surface area (Å²) in [5, 5.41) is 3.10. The second-order valence-corrected chi connectivity index (χ2v) is 12.6. The van der Waals surface area contributed by atoms with Crippen molar-refractivity contribution < 1.29 is 18.0 Å². The van der Waals surface area contributed by atoms with Gasteiger partial charge in [-0.3, -0.25) is 13.9 Å². The van der Waals surface area contributed by atoms with Crippen molar-refractivity contribution in [1.82, 2.24) is 10.2 Å². The molecule has 4 rings (SSSR count). The first kappa shape index (κ1) is 29.3. The summed E-state index contributed by atoms with van der Waals surface area (Å²) in [5.74, 6) is -0.676. The topological polar surface area (TPSA) is 86.8 Å². The molecule has 7 nitrogen and oxygen atoms in total. The molecule has 1 atom stereocenters. The highest BCUT2D eigenvalue weighted by Gasteiger charge is 2.33. The Bertz CT molecular complexity index is 1430. The molecule has 40 heavy (non-hydrogen) atoms. The van der Waals surface area contributed by atoms with E-state index in [2.05, 4.69) is 5.32 Å². The number of sulfonamides is 1. The molecule has 3 aromatic carbocycles. The fourth-order valence-electron chi connectivity index (χ4n) is 5.06. The van der Waals surface area contributed by atoms with E-state index in [9.17, 15) is 18.0 Å². The minimum atomic E-state index is -4.08. The monoisotopic (exact) mass is 561 g/mol. The van der Waals surface area contributed by atoms with Gasteiger partial charge in [0.2, 0.25) is 11.8 Å². The molecule has 1 aliphatic rings. The fraction of sp³-hybridized carbons (Fsp3) is 0.375. The summed E-state index contributed by atoms with van der Waals surface area (Å²) in [6.45, 7) is 7.15. The van der Waals surface area contributed by atoms with E-state index in [1.54, 1.807) is 43.3 Å². The minimum absolute atomic E-state index is 0.103. The van der Waals surface area contributed by atoms with Gasteiger partial charge >= 0.3 is 0 Å². The summed E-state index contributed by atoms with van der Waals surface area (Å²) in [6.07, 6.45) is 4.02. The number of para-hydroxylation sites is 1. The Balaban J connectivity index is 1.69. The lowest BCUT2D eigenvalue weighted by Crippen LogP contribution is -2.52. The van der Waals surface area contributed by atoms with Crippen LogP contribution in [0.1, 0.15) is 54.9 Å². The summed E-state index contributed by atoms with van der Waals surface area (Å²) < 4.78 is 29.1. The predicted octanol–water partition coefficient (Wildman–Crippen LogP) is 5.28. The highest BCUT2D eigenvalue weighted by molar-refractivity contribution is 7.92. The van der Waals surface area contributed by atoms with E-state index < -0.39 is 28.5 Å². The maximum Gasteiger partial charge on any atom is 0.264 e. The molecule has 0 heterocycles. The molecular weight excluding hydrogens is 522 g/mol. The van der Waals surface area contributed by atoms with Gasteiger partial charge in [-0.1, -0.05) is 78.6 Å². The fourth-order valence-corrected chi connectivity index (χ4v) is 6.54. The smallest absolute Gasteiger partial charge is 0.264 e. The maximum atomic E-state index is 14.1. The molecule has 1 saturated carbocycles. The molecule has 3 aromatic rings. The lowest BCUT2D eigenvalue weighted by Gasteiger charge is -2.33. The Morgan fingerprint density at radius 3 is 2.05 bits per heavy atom. The third kappa shape index (κ3) is 6.91. The Morgan fingerprint density at radius 1 is 0.875 bits per heavy atom. The first-order chi connectivity index (χ1) is 19.1. The first-order valence-electron chi connectivity index (χ1n) is 13.9. The van der Waals surface area contributed by atoms with Gasteiger partial charge < -0.3 is 10.2 Å². The molecule has 0 saturated heterocycles. The lowest BCUT2D eigenvalue weighted by molar-refractivity contribution is -0.139. The number of rotatable bonds is 10. The van der Waals surface area contributed by atoms with E-state index in [4.69, 9.17) is 0 Å². The van der Waals surface area contributed by atoms with Crippen LogP contribution in [0.4, 0.5) is 5.69 Å². The lowest BCUT2D eigenvalue weighted by atomic mass is 10.1. The highest BCUT2D eigenvalue weighted by atomic mass is 32.2. The molecule has 0 spiro atoms. The number of benzene rings is 3. The quantitative estimate of drug-likeness (QED) is 0.365. The highest BCUT2D eigenvalue weighted by Crippen LogP contribution is 2.28. The average Bonchev–Trinajstić information content (AvgIpc) is 3.44. The Hall–Kier alpha value is -3.65. The molecule has 8 heteroatoms. The molecule has 0 aliphatic heterocycles. The van der Waals surface area contributed by atoms with Crippen molar-refractivity contribution in [1.29, 1.82) is 0 Å². The molecule has 2 amide bonds. The van der Waals surface area contributed by atoms with Gasteiger partial charge in [0.1, 0.15) is 12.6 Å². The van der Waals surface area contributed by atoms with Crippen LogP contribution in [0.15, 0.2) is 77.7 Å².